The summed E-state index contributed by atoms with van der Waals surface area (Å²) in [5, 5.41) is 3.36. The number of fused-ring (bicyclic) bond motifs is 1. The number of thioether (sulfide) groups is 1. The smallest absolute Gasteiger partial charge is 0.272 e. The standard InChI is InChI=1S/C22H19ClN2O2S2/c1-27-18-4-2-3-16(13-18)14-29-22-24-19-10-12-28-20(19)21(26)25(22)11-9-15-5-7-17(23)8-6-15/h2-8,10,12-13H,9,11,14H2,1H3. The number of halogens is 1. The van der Waals surface area contributed by atoms with Gasteiger partial charge in [0, 0.05) is 17.3 Å². The van der Waals surface area contributed by atoms with Crippen molar-refractivity contribution in [1.82, 2.24) is 9.55 Å². The highest BCUT2D eigenvalue weighted by Crippen LogP contribution is 2.25. The van der Waals surface area contributed by atoms with E-state index in [0.717, 1.165) is 34.0 Å². The van der Waals surface area contributed by atoms with Crippen LogP contribution in [0.25, 0.3) is 10.2 Å². The van der Waals surface area contributed by atoms with Gasteiger partial charge in [-0.2, -0.15) is 0 Å². The summed E-state index contributed by atoms with van der Waals surface area (Å²) in [6.45, 7) is 0.571. The molecule has 0 radical (unpaired) electrons. The zero-order valence-corrected chi connectivity index (χ0v) is 18.2. The number of hydrogen-bond donors (Lipinski definition) is 0. The fraction of sp³-hybridized carbons (Fsp3) is 0.182. The molecule has 4 rings (SSSR count). The van der Waals surface area contributed by atoms with Crippen LogP contribution in [0, 0.1) is 0 Å². The second-order valence-electron chi connectivity index (χ2n) is 6.50. The second-order valence-corrected chi connectivity index (χ2v) is 8.80. The topological polar surface area (TPSA) is 44.1 Å². The van der Waals surface area contributed by atoms with Gasteiger partial charge in [0.1, 0.15) is 10.4 Å². The Morgan fingerprint density at radius 3 is 2.76 bits per heavy atom. The lowest BCUT2D eigenvalue weighted by atomic mass is 10.1. The first-order chi connectivity index (χ1) is 14.1. The fourth-order valence-electron chi connectivity index (χ4n) is 3.03. The zero-order chi connectivity index (χ0) is 20.2. The van der Waals surface area contributed by atoms with Crippen LogP contribution in [0.3, 0.4) is 0 Å². The lowest BCUT2D eigenvalue weighted by Crippen LogP contribution is -2.23. The number of hydrogen-bond acceptors (Lipinski definition) is 5. The quantitative estimate of drug-likeness (QED) is 0.274. The summed E-state index contributed by atoms with van der Waals surface area (Å²) >= 11 is 8.99. The third-order valence-corrected chi connectivity index (χ3v) is 6.76. The van der Waals surface area contributed by atoms with Crippen molar-refractivity contribution in [2.45, 2.75) is 23.9 Å². The van der Waals surface area contributed by atoms with Crippen molar-refractivity contribution in [3.05, 3.63) is 86.5 Å². The molecular weight excluding hydrogens is 424 g/mol. The molecule has 2 aromatic carbocycles. The summed E-state index contributed by atoms with van der Waals surface area (Å²) in [6.07, 6.45) is 0.738. The summed E-state index contributed by atoms with van der Waals surface area (Å²) in [5.74, 6) is 1.53. The molecule has 4 nitrogen and oxygen atoms in total. The van der Waals surface area contributed by atoms with Gasteiger partial charge in [-0.25, -0.2) is 4.98 Å². The van der Waals surface area contributed by atoms with Gasteiger partial charge in [-0.15, -0.1) is 11.3 Å². The summed E-state index contributed by atoms with van der Waals surface area (Å²) < 4.78 is 7.80. The number of aromatic nitrogens is 2. The van der Waals surface area contributed by atoms with Crippen molar-refractivity contribution in [1.29, 1.82) is 0 Å². The molecule has 0 amide bonds. The molecule has 0 atom stereocenters. The van der Waals surface area contributed by atoms with E-state index in [-0.39, 0.29) is 5.56 Å². The SMILES string of the molecule is COc1cccc(CSc2nc3ccsc3c(=O)n2CCc2ccc(Cl)cc2)c1. The lowest BCUT2D eigenvalue weighted by Gasteiger charge is -2.12. The number of ether oxygens (including phenoxy) is 1. The molecule has 0 aliphatic heterocycles. The molecule has 0 N–H and O–H groups in total. The Morgan fingerprint density at radius 1 is 1.14 bits per heavy atom. The van der Waals surface area contributed by atoms with Crippen LogP contribution in [0.1, 0.15) is 11.1 Å². The van der Waals surface area contributed by atoms with E-state index in [1.807, 2.05) is 53.9 Å². The van der Waals surface area contributed by atoms with Gasteiger partial charge in [0.25, 0.3) is 5.56 Å². The largest absolute Gasteiger partial charge is 0.497 e. The van der Waals surface area contributed by atoms with Crippen molar-refractivity contribution in [3.8, 4) is 5.75 Å². The van der Waals surface area contributed by atoms with Gasteiger partial charge in [0.2, 0.25) is 0 Å². The monoisotopic (exact) mass is 442 g/mol. The minimum Gasteiger partial charge on any atom is -0.497 e. The van der Waals surface area contributed by atoms with Crippen LogP contribution in [0.2, 0.25) is 5.02 Å². The van der Waals surface area contributed by atoms with Gasteiger partial charge in [-0.3, -0.25) is 9.36 Å². The fourth-order valence-corrected chi connectivity index (χ4v) is 4.91. The number of methoxy groups -OCH3 is 1. The summed E-state index contributed by atoms with van der Waals surface area (Å²) in [7, 11) is 1.66. The molecule has 0 spiro atoms. The number of aryl methyl sites for hydroxylation is 1. The second kappa shape index (κ2) is 9.03. The van der Waals surface area contributed by atoms with Gasteiger partial charge in [0.05, 0.1) is 12.6 Å². The van der Waals surface area contributed by atoms with E-state index in [4.69, 9.17) is 21.3 Å². The van der Waals surface area contributed by atoms with Crippen LogP contribution >= 0.6 is 34.7 Å². The van der Waals surface area contributed by atoms with E-state index in [9.17, 15) is 4.79 Å². The van der Waals surface area contributed by atoms with Crippen LogP contribution in [0.5, 0.6) is 5.75 Å². The maximum Gasteiger partial charge on any atom is 0.272 e. The Balaban J connectivity index is 1.61. The van der Waals surface area contributed by atoms with Gasteiger partial charge in [-0.1, -0.05) is 47.6 Å². The average molecular weight is 443 g/mol. The van der Waals surface area contributed by atoms with Crippen molar-refractivity contribution < 1.29 is 4.74 Å². The number of rotatable bonds is 7. The van der Waals surface area contributed by atoms with Gasteiger partial charge in [0.15, 0.2) is 5.16 Å². The lowest BCUT2D eigenvalue weighted by molar-refractivity contribution is 0.414. The Morgan fingerprint density at radius 2 is 1.97 bits per heavy atom. The van der Waals surface area contributed by atoms with E-state index in [0.29, 0.717) is 22.0 Å². The molecule has 0 saturated heterocycles. The molecule has 0 aliphatic rings. The molecule has 0 bridgehead atoms. The van der Waals surface area contributed by atoms with Gasteiger partial charge >= 0.3 is 0 Å². The molecule has 0 fully saturated rings. The normalized spacial score (nSPS) is 11.1. The zero-order valence-electron chi connectivity index (χ0n) is 15.8. The number of benzene rings is 2. The molecule has 148 valence electrons. The first-order valence-electron chi connectivity index (χ1n) is 9.12. The van der Waals surface area contributed by atoms with E-state index in [1.165, 1.54) is 11.3 Å². The highest BCUT2D eigenvalue weighted by Gasteiger charge is 2.13. The molecule has 0 aliphatic carbocycles. The number of thiophene rings is 1. The average Bonchev–Trinajstić information content (AvgIpc) is 3.22. The maximum absolute atomic E-state index is 13.1. The van der Waals surface area contributed by atoms with Crippen molar-refractivity contribution in [3.63, 3.8) is 0 Å². The van der Waals surface area contributed by atoms with Crippen molar-refractivity contribution >= 4 is 44.9 Å². The summed E-state index contributed by atoms with van der Waals surface area (Å²) in [5.41, 5.74) is 3.04. The predicted molar refractivity (Wildman–Crippen MR) is 122 cm³/mol. The molecule has 0 saturated carbocycles. The van der Waals surface area contributed by atoms with E-state index in [1.54, 1.807) is 23.4 Å². The number of nitrogens with zero attached hydrogens (tertiary/aromatic N) is 2. The van der Waals surface area contributed by atoms with E-state index < -0.39 is 0 Å². The van der Waals surface area contributed by atoms with Crippen LogP contribution in [-0.4, -0.2) is 16.7 Å². The predicted octanol–water partition coefficient (Wildman–Crippen LogP) is 5.66. The highest BCUT2D eigenvalue weighted by molar-refractivity contribution is 7.98. The Bertz CT molecular complexity index is 1190. The van der Waals surface area contributed by atoms with E-state index in [2.05, 4.69) is 6.07 Å². The third-order valence-electron chi connectivity index (χ3n) is 4.57. The van der Waals surface area contributed by atoms with Crippen molar-refractivity contribution in [2.75, 3.05) is 7.11 Å². The van der Waals surface area contributed by atoms with Crippen LogP contribution in [-0.2, 0) is 18.7 Å². The minimum absolute atomic E-state index is 0.0205. The Hall–Kier alpha value is -2.28. The van der Waals surface area contributed by atoms with E-state index >= 15 is 0 Å². The van der Waals surface area contributed by atoms with Crippen LogP contribution < -0.4 is 10.3 Å². The Labute approximate surface area is 182 Å². The molecular formula is C22H19ClN2O2S2. The molecule has 4 aromatic rings. The molecule has 7 heteroatoms. The summed E-state index contributed by atoms with van der Waals surface area (Å²) in [4.78, 5) is 17.8. The minimum atomic E-state index is 0.0205. The molecule has 2 aromatic heterocycles. The van der Waals surface area contributed by atoms with Gasteiger partial charge in [-0.05, 0) is 53.3 Å². The molecule has 29 heavy (non-hydrogen) atoms. The third kappa shape index (κ3) is 4.66. The van der Waals surface area contributed by atoms with Crippen LogP contribution in [0.4, 0.5) is 0 Å². The Kier molecular flexibility index (Phi) is 6.23. The highest BCUT2D eigenvalue weighted by atomic mass is 35.5. The first-order valence-corrected chi connectivity index (χ1v) is 11.4. The van der Waals surface area contributed by atoms with Gasteiger partial charge < -0.3 is 4.74 Å². The summed E-state index contributed by atoms with van der Waals surface area (Å²) in [6, 6.07) is 17.6. The van der Waals surface area contributed by atoms with Crippen LogP contribution in [0.15, 0.2) is 69.9 Å². The first kappa shape index (κ1) is 20.0. The molecule has 0 unspecified atom stereocenters. The molecule has 2 heterocycles. The van der Waals surface area contributed by atoms with Crippen molar-refractivity contribution in [2.24, 2.45) is 0 Å². The maximum atomic E-state index is 13.1.